The summed E-state index contributed by atoms with van der Waals surface area (Å²) >= 11 is 0. The molecule has 1 aliphatic heterocycles. The van der Waals surface area contributed by atoms with Crippen LogP contribution in [0.25, 0.3) is 0 Å². The Hall–Kier alpha value is -3.15. The van der Waals surface area contributed by atoms with Gasteiger partial charge in [0.1, 0.15) is 0 Å². The van der Waals surface area contributed by atoms with Gasteiger partial charge in [0.05, 0.1) is 5.92 Å². The summed E-state index contributed by atoms with van der Waals surface area (Å²) in [6.45, 7) is 4.37. The number of esters is 1. The topological polar surface area (TPSA) is 75.7 Å². The lowest BCUT2D eigenvalue weighted by molar-refractivity contribution is -0.151. The molecule has 0 radical (unpaired) electrons. The van der Waals surface area contributed by atoms with Crippen LogP contribution in [0.1, 0.15) is 23.1 Å². The first-order chi connectivity index (χ1) is 13.4. The summed E-state index contributed by atoms with van der Waals surface area (Å²) in [5.41, 5.74) is 3.88. The number of carbonyl (C=O) groups excluding carboxylic acids is 3. The number of amides is 2. The van der Waals surface area contributed by atoms with Crippen molar-refractivity contribution < 1.29 is 19.1 Å². The minimum atomic E-state index is -0.536. The number of hydrogen-bond acceptors (Lipinski definition) is 4. The molecule has 2 aromatic rings. The summed E-state index contributed by atoms with van der Waals surface area (Å²) in [7, 11) is 0. The molecule has 0 bridgehead atoms. The molecule has 1 aliphatic rings. The average Bonchev–Trinajstić information content (AvgIpc) is 3.04. The smallest absolute Gasteiger partial charge is 0.311 e. The Morgan fingerprint density at radius 1 is 1.11 bits per heavy atom. The summed E-state index contributed by atoms with van der Waals surface area (Å²) in [5.74, 6) is -1.53. The van der Waals surface area contributed by atoms with Crippen molar-refractivity contribution in [3.63, 3.8) is 0 Å². The third-order valence-electron chi connectivity index (χ3n) is 4.90. The molecule has 2 aromatic carbocycles. The summed E-state index contributed by atoms with van der Waals surface area (Å²) in [6, 6.07) is 15.2. The lowest BCUT2D eigenvalue weighted by Gasteiger charge is -2.16. The maximum Gasteiger partial charge on any atom is 0.311 e. The van der Waals surface area contributed by atoms with Crippen LogP contribution < -0.4 is 5.32 Å². The zero-order valence-electron chi connectivity index (χ0n) is 16.1. The van der Waals surface area contributed by atoms with Crippen molar-refractivity contribution in [3.8, 4) is 0 Å². The molecule has 0 aromatic heterocycles. The van der Waals surface area contributed by atoms with E-state index in [9.17, 15) is 14.4 Å². The molecular formula is C22H24N2O4. The zero-order chi connectivity index (χ0) is 20.1. The van der Waals surface area contributed by atoms with Gasteiger partial charge in [0, 0.05) is 25.2 Å². The van der Waals surface area contributed by atoms with E-state index in [1.54, 1.807) is 11.0 Å². The number of nitrogens with zero attached hydrogens (tertiary/aromatic N) is 1. The van der Waals surface area contributed by atoms with Gasteiger partial charge in [0.15, 0.2) is 6.61 Å². The predicted octanol–water partition coefficient (Wildman–Crippen LogP) is 2.83. The molecule has 0 unspecified atom stereocenters. The van der Waals surface area contributed by atoms with Crippen LogP contribution >= 0.6 is 0 Å². The highest BCUT2D eigenvalue weighted by molar-refractivity contribution is 5.93. The second kappa shape index (κ2) is 8.69. The standard InChI is InChI=1S/C22H24N2O4/c1-15-8-9-19(10-16(15)2)23-20(25)14-28-22(27)18-11-21(26)24(13-18)12-17-6-4-3-5-7-17/h3-10,18H,11-14H2,1-2H3,(H,23,25)/t18-/m1/s1. The van der Waals surface area contributed by atoms with E-state index >= 15 is 0 Å². The van der Waals surface area contributed by atoms with Crippen molar-refractivity contribution in [2.24, 2.45) is 5.92 Å². The quantitative estimate of drug-likeness (QED) is 0.782. The number of rotatable bonds is 6. The Morgan fingerprint density at radius 3 is 2.57 bits per heavy atom. The van der Waals surface area contributed by atoms with Crippen LogP contribution in [0.2, 0.25) is 0 Å². The minimum Gasteiger partial charge on any atom is -0.455 e. The number of benzene rings is 2. The zero-order valence-corrected chi connectivity index (χ0v) is 16.1. The molecular weight excluding hydrogens is 356 g/mol. The van der Waals surface area contributed by atoms with Gasteiger partial charge in [-0.3, -0.25) is 14.4 Å². The molecule has 0 spiro atoms. The SMILES string of the molecule is Cc1ccc(NC(=O)COC(=O)[C@@H]2CC(=O)N(Cc3ccccc3)C2)cc1C. The van der Waals surface area contributed by atoms with Crippen molar-refractivity contribution in [1.29, 1.82) is 0 Å². The Kier molecular flexibility index (Phi) is 6.09. The molecule has 28 heavy (non-hydrogen) atoms. The molecule has 2 amide bonds. The highest BCUT2D eigenvalue weighted by Gasteiger charge is 2.35. The number of hydrogen-bond donors (Lipinski definition) is 1. The highest BCUT2D eigenvalue weighted by Crippen LogP contribution is 2.21. The first kappa shape index (κ1) is 19.6. The number of carbonyl (C=O) groups is 3. The predicted molar refractivity (Wildman–Crippen MR) is 105 cm³/mol. The normalized spacial score (nSPS) is 16.1. The minimum absolute atomic E-state index is 0.0783. The van der Waals surface area contributed by atoms with Crippen LogP contribution in [-0.2, 0) is 25.7 Å². The third-order valence-corrected chi connectivity index (χ3v) is 4.90. The first-order valence-electron chi connectivity index (χ1n) is 9.28. The lowest BCUT2D eigenvalue weighted by Crippen LogP contribution is -2.28. The monoisotopic (exact) mass is 380 g/mol. The van der Waals surface area contributed by atoms with E-state index in [0.29, 0.717) is 18.8 Å². The molecule has 0 aliphatic carbocycles. The van der Waals surface area contributed by atoms with E-state index in [-0.39, 0.29) is 18.9 Å². The van der Waals surface area contributed by atoms with E-state index in [0.717, 1.165) is 16.7 Å². The molecule has 1 fully saturated rings. The van der Waals surface area contributed by atoms with Gasteiger partial charge in [-0.15, -0.1) is 0 Å². The molecule has 146 valence electrons. The molecule has 1 N–H and O–H groups in total. The van der Waals surface area contributed by atoms with Crippen molar-refractivity contribution in [2.45, 2.75) is 26.8 Å². The van der Waals surface area contributed by atoms with E-state index in [2.05, 4.69) is 5.32 Å². The second-order valence-corrected chi connectivity index (χ2v) is 7.12. The van der Waals surface area contributed by atoms with Crippen LogP contribution in [0.3, 0.4) is 0 Å². The number of anilines is 1. The molecule has 1 atom stereocenters. The van der Waals surface area contributed by atoms with Crippen molar-refractivity contribution >= 4 is 23.5 Å². The maximum atomic E-state index is 12.3. The van der Waals surface area contributed by atoms with Gasteiger partial charge >= 0.3 is 5.97 Å². The molecule has 3 rings (SSSR count). The van der Waals surface area contributed by atoms with Crippen molar-refractivity contribution in [3.05, 3.63) is 65.2 Å². The van der Waals surface area contributed by atoms with Crippen molar-refractivity contribution in [2.75, 3.05) is 18.5 Å². The molecule has 1 saturated heterocycles. The number of nitrogens with one attached hydrogen (secondary N) is 1. The van der Waals surface area contributed by atoms with Gasteiger partial charge in [0.25, 0.3) is 5.91 Å². The molecule has 6 heteroatoms. The Morgan fingerprint density at radius 2 is 1.86 bits per heavy atom. The van der Waals surface area contributed by atoms with Gasteiger partial charge in [-0.1, -0.05) is 36.4 Å². The summed E-state index contributed by atoms with van der Waals surface area (Å²) in [4.78, 5) is 38.1. The maximum absolute atomic E-state index is 12.3. The summed E-state index contributed by atoms with van der Waals surface area (Å²) < 4.78 is 5.13. The largest absolute Gasteiger partial charge is 0.455 e. The Labute approximate surface area is 164 Å². The highest BCUT2D eigenvalue weighted by atomic mass is 16.5. The fourth-order valence-electron chi connectivity index (χ4n) is 3.16. The third kappa shape index (κ3) is 4.97. The molecule has 6 nitrogen and oxygen atoms in total. The molecule has 0 saturated carbocycles. The van der Waals surface area contributed by atoms with Gasteiger partial charge in [-0.25, -0.2) is 0 Å². The van der Waals surface area contributed by atoms with Crippen LogP contribution in [0, 0.1) is 19.8 Å². The van der Waals surface area contributed by atoms with Crippen LogP contribution in [0.4, 0.5) is 5.69 Å². The van der Waals surface area contributed by atoms with Crippen LogP contribution in [0.5, 0.6) is 0 Å². The second-order valence-electron chi connectivity index (χ2n) is 7.12. The fourth-order valence-corrected chi connectivity index (χ4v) is 3.16. The van der Waals surface area contributed by atoms with Gasteiger partial charge in [-0.05, 0) is 42.7 Å². The van der Waals surface area contributed by atoms with Gasteiger partial charge < -0.3 is 15.0 Å². The van der Waals surface area contributed by atoms with E-state index in [4.69, 9.17) is 4.74 Å². The van der Waals surface area contributed by atoms with Crippen LogP contribution in [-0.4, -0.2) is 35.8 Å². The van der Waals surface area contributed by atoms with Gasteiger partial charge in [0.2, 0.25) is 5.91 Å². The van der Waals surface area contributed by atoms with Crippen molar-refractivity contribution in [1.82, 2.24) is 4.90 Å². The lowest BCUT2D eigenvalue weighted by atomic mass is 10.1. The number of ether oxygens (including phenoxy) is 1. The molecule has 1 heterocycles. The fraction of sp³-hybridized carbons (Fsp3) is 0.318. The summed E-state index contributed by atoms with van der Waals surface area (Å²) in [5, 5.41) is 2.71. The van der Waals surface area contributed by atoms with Crippen LogP contribution in [0.15, 0.2) is 48.5 Å². The Bertz CT molecular complexity index is 879. The number of aryl methyl sites for hydroxylation is 2. The summed E-state index contributed by atoms with van der Waals surface area (Å²) in [6.07, 6.45) is 0.116. The Balaban J connectivity index is 1.47. The van der Waals surface area contributed by atoms with E-state index < -0.39 is 17.8 Å². The first-order valence-corrected chi connectivity index (χ1v) is 9.28. The van der Waals surface area contributed by atoms with E-state index in [1.165, 1.54) is 0 Å². The average molecular weight is 380 g/mol. The van der Waals surface area contributed by atoms with Gasteiger partial charge in [-0.2, -0.15) is 0 Å². The van der Waals surface area contributed by atoms with E-state index in [1.807, 2.05) is 56.3 Å². The number of likely N-dealkylation sites (tertiary alicyclic amines) is 1.